The molecule has 2 heterocycles. The van der Waals surface area contributed by atoms with E-state index in [2.05, 4.69) is 15.0 Å². The van der Waals surface area contributed by atoms with Crippen LogP contribution in [0.15, 0.2) is 22.5 Å². The van der Waals surface area contributed by atoms with Gasteiger partial charge in [-0.05, 0) is 25.8 Å². The molecule has 0 spiro atoms. The van der Waals surface area contributed by atoms with Gasteiger partial charge in [-0.2, -0.15) is 0 Å². The molecule has 3 rings (SSSR count). The number of rotatable bonds is 7. The molecule has 0 aliphatic heterocycles. The lowest BCUT2D eigenvalue weighted by Gasteiger charge is -2.04. The number of aromatic nitrogens is 1. The lowest BCUT2D eigenvalue weighted by molar-refractivity contribution is 0.581. The van der Waals surface area contributed by atoms with Gasteiger partial charge in [-0.1, -0.05) is 0 Å². The van der Waals surface area contributed by atoms with Crippen molar-refractivity contribution in [2.45, 2.75) is 43.8 Å². The highest BCUT2D eigenvalue weighted by atomic mass is 32.2. The molecule has 2 aromatic heterocycles. The van der Waals surface area contributed by atoms with E-state index in [9.17, 15) is 8.42 Å². The number of thiazole rings is 1. The van der Waals surface area contributed by atoms with Crippen molar-refractivity contribution in [2.75, 3.05) is 0 Å². The third-order valence-corrected chi connectivity index (χ3v) is 6.74. The Morgan fingerprint density at radius 3 is 2.86 bits per heavy atom. The fourth-order valence-electron chi connectivity index (χ4n) is 1.99. The van der Waals surface area contributed by atoms with Crippen LogP contribution in [0.4, 0.5) is 0 Å². The average molecular weight is 343 g/mol. The van der Waals surface area contributed by atoms with Crippen molar-refractivity contribution in [1.29, 1.82) is 0 Å². The molecule has 1 aliphatic carbocycles. The van der Waals surface area contributed by atoms with Gasteiger partial charge in [-0.25, -0.2) is 18.1 Å². The highest BCUT2D eigenvalue weighted by molar-refractivity contribution is 7.89. The maximum absolute atomic E-state index is 12.4. The van der Waals surface area contributed by atoms with Gasteiger partial charge in [-0.15, -0.1) is 22.7 Å². The van der Waals surface area contributed by atoms with E-state index in [0.717, 1.165) is 21.3 Å². The van der Waals surface area contributed by atoms with E-state index >= 15 is 0 Å². The summed E-state index contributed by atoms with van der Waals surface area (Å²) in [7, 11) is -3.47. The molecule has 1 aliphatic rings. The zero-order chi connectivity index (χ0) is 14.9. The predicted octanol–water partition coefficient (Wildman–Crippen LogP) is 2.24. The summed E-state index contributed by atoms with van der Waals surface area (Å²) in [6.07, 6.45) is 4.13. The summed E-state index contributed by atoms with van der Waals surface area (Å²) in [6, 6.07) is 2.40. The van der Waals surface area contributed by atoms with E-state index in [-0.39, 0.29) is 6.54 Å². The quantitative estimate of drug-likeness (QED) is 0.809. The van der Waals surface area contributed by atoms with Crippen LogP contribution in [0.3, 0.4) is 0 Å². The minimum absolute atomic E-state index is 0.241. The van der Waals surface area contributed by atoms with Crippen molar-refractivity contribution in [1.82, 2.24) is 15.0 Å². The zero-order valence-corrected chi connectivity index (χ0v) is 14.1. The highest BCUT2D eigenvalue weighted by Gasteiger charge is 2.23. The number of hydrogen-bond acceptors (Lipinski definition) is 6. The maximum atomic E-state index is 12.4. The van der Waals surface area contributed by atoms with Crippen LogP contribution >= 0.6 is 22.7 Å². The highest BCUT2D eigenvalue weighted by Crippen LogP contribution is 2.27. The Bertz CT molecular complexity index is 703. The van der Waals surface area contributed by atoms with E-state index in [1.165, 1.54) is 35.5 Å². The first kappa shape index (κ1) is 15.1. The van der Waals surface area contributed by atoms with Crippen LogP contribution in [-0.4, -0.2) is 19.4 Å². The second-order valence-corrected chi connectivity index (χ2v) is 9.09. The molecule has 0 bridgehead atoms. The molecule has 0 amide bonds. The third kappa shape index (κ3) is 3.89. The number of nitrogens with one attached hydrogen (secondary N) is 2. The smallest absolute Gasteiger partial charge is 0.242 e. The van der Waals surface area contributed by atoms with E-state index in [1.54, 1.807) is 12.3 Å². The molecular weight excluding hydrogens is 326 g/mol. The summed E-state index contributed by atoms with van der Waals surface area (Å²) in [5.41, 5.74) is 0. The van der Waals surface area contributed by atoms with E-state index < -0.39 is 10.0 Å². The van der Waals surface area contributed by atoms with Gasteiger partial charge in [0.25, 0.3) is 0 Å². The van der Waals surface area contributed by atoms with Crippen LogP contribution in [0.2, 0.25) is 0 Å². The van der Waals surface area contributed by atoms with Gasteiger partial charge in [-0.3, -0.25) is 0 Å². The van der Waals surface area contributed by atoms with Gasteiger partial charge in [0.05, 0.1) is 11.4 Å². The number of sulfonamides is 1. The normalized spacial score (nSPS) is 15.5. The second kappa shape index (κ2) is 6.13. The van der Waals surface area contributed by atoms with Crippen molar-refractivity contribution >= 4 is 32.7 Å². The third-order valence-electron chi connectivity index (χ3n) is 3.25. The topological polar surface area (TPSA) is 71.1 Å². The molecule has 8 heteroatoms. The summed E-state index contributed by atoms with van der Waals surface area (Å²) in [5.74, 6) is 0. The molecule has 0 atom stereocenters. The Hall–Kier alpha value is -0.800. The van der Waals surface area contributed by atoms with Crippen molar-refractivity contribution in [3.05, 3.63) is 32.4 Å². The van der Waals surface area contributed by atoms with Crippen molar-refractivity contribution in [2.24, 2.45) is 0 Å². The Labute approximate surface area is 132 Å². The number of aryl methyl sites for hydroxylation is 1. The lowest BCUT2D eigenvalue weighted by Crippen LogP contribution is -2.23. The fraction of sp³-hybridized carbons (Fsp3) is 0.462. The molecule has 0 saturated heterocycles. The molecule has 0 unspecified atom stereocenters. The summed E-state index contributed by atoms with van der Waals surface area (Å²) >= 11 is 2.98. The first-order valence-corrected chi connectivity index (χ1v) is 9.93. The molecule has 0 aromatic carbocycles. The summed E-state index contributed by atoms with van der Waals surface area (Å²) < 4.78 is 27.3. The van der Waals surface area contributed by atoms with Gasteiger partial charge < -0.3 is 5.32 Å². The first-order chi connectivity index (χ1) is 10.0. The van der Waals surface area contributed by atoms with Crippen LogP contribution in [0.25, 0.3) is 0 Å². The molecule has 5 nitrogen and oxygen atoms in total. The van der Waals surface area contributed by atoms with Crippen LogP contribution in [0.5, 0.6) is 0 Å². The monoisotopic (exact) mass is 343 g/mol. The Balaban J connectivity index is 1.68. The van der Waals surface area contributed by atoms with Crippen LogP contribution in [0, 0.1) is 6.92 Å². The Morgan fingerprint density at radius 1 is 1.38 bits per heavy atom. The van der Waals surface area contributed by atoms with E-state index in [1.807, 2.05) is 12.3 Å². The van der Waals surface area contributed by atoms with Crippen molar-refractivity contribution in [3.8, 4) is 0 Å². The Morgan fingerprint density at radius 2 is 2.19 bits per heavy atom. The SMILES string of the molecule is Cc1sc(CNC2CC2)cc1S(=O)(=O)NCc1nccs1. The number of thiophene rings is 1. The van der Waals surface area contributed by atoms with Crippen LogP contribution in [0.1, 0.15) is 27.6 Å². The van der Waals surface area contributed by atoms with Gasteiger partial charge in [0.2, 0.25) is 10.0 Å². The molecule has 114 valence electrons. The average Bonchev–Trinajstić information content (AvgIpc) is 2.97. The minimum Gasteiger partial charge on any atom is -0.309 e. The Kier molecular flexibility index (Phi) is 4.41. The fourth-order valence-corrected chi connectivity index (χ4v) is 5.20. The van der Waals surface area contributed by atoms with E-state index in [0.29, 0.717) is 10.9 Å². The van der Waals surface area contributed by atoms with Gasteiger partial charge in [0.1, 0.15) is 5.01 Å². The van der Waals surface area contributed by atoms with Gasteiger partial charge >= 0.3 is 0 Å². The van der Waals surface area contributed by atoms with Gasteiger partial charge in [0.15, 0.2) is 0 Å². The minimum atomic E-state index is -3.47. The number of hydrogen-bond donors (Lipinski definition) is 2. The van der Waals surface area contributed by atoms with E-state index in [4.69, 9.17) is 0 Å². The maximum Gasteiger partial charge on any atom is 0.242 e. The second-order valence-electron chi connectivity index (χ2n) is 5.04. The summed E-state index contributed by atoms with van der Waals surface area (Å²) in [4.78, 5) is 6.36. The summed E-state index contributed by atoms with van der Waals surface area (Å²) in [5, 5.41) is 6.01. The largest absolute Gasteiger partial charge is 0.309 e. The molecular formula is C13H17N3O2S3. The standard InChI is InChI=1S/C13H17N3O2S3/c1-9-12(6-11(20-9)7-15-10-2-3-10)21(17,18)16-8-13-14-4-5-19-13/h4-6,10,15-16H,2-3,7-8H2,1H3. The molecule has 1 fully saturated rings. The lowest BCUT2D eigenvalue weighted by atomic mass is 10.4. The van der Waals surface area contributed by atoms with Crippen LogP contribution in [-0.2, 0) is 23.1 Å². The van der Waals surface area contributed by atoms with Gasteiger partial charge in [0, 0.05) is 33.9 Å². The molecule has 21 heavy (non-hydrogen) atoms. The van der Waals surface area contributed by atoms with Crippen molar-refractivity contribution < 1.29 is 8.42 Å². The molecule has 2 aromatic rings. The van der Waals surface area contributed by atoms with Crippen LogP contribution < -0.4 is 10.0 Å². The first-order valence-electron chi connectivity index (χ1n) is 6.75. The molecule has 2 N–H and O–H groups in total. The molecule has 1 saturated carbocycles. The predicted molar refractivity (Wildman–Crippen MR) is 85.1 cm³/mol. The molecule has 0 radical (unpaired) electrons. The zero-order valence-electron chi connectivity index (χ0n) is 11.6. The summed E-state index contributed by atoms with van der Waals surface area (Å²) in [6.45, 7) is 2.84. The van der Waals surface area contributed by atoms with Crippen molar-refractivity contribution in [3.63, 3.8) is 0 Å². The number of nitrogens with zero attached hydrogens (tertiary/aromatic N) is 1.